The molecule has 0 atom stereocenters. The summed E-state index contributed by atoms with van der Waals surface area (Å²) in [7, 11) is -3.18. The molecule has 0 aliphatic rings. The van der Waals surface area contributed by atoms with E-state index in [1.807, 2.05) is 38.4 Å². The Morgan fingerprint density at radius 3 is 2.55 bits per heavy atom. The molecule has 1 aromatic heterocycles. The summed E-state index contributed by atoms with van der Waals surface area (Å²) in [5.41, 5.74) is 2.09. The highest BCUT2D eigenvalue weighted by molar-refractivity contribution is 7.89. The van der Waals surface area contributed by atoms with Crippen LogP contribution in [0.3, 0.4) is 0 Å². The van der Waals surface area contributed by atoms with Gasteiger partial charge in [0.2, 0.25) is 10.0 Å². The normalized spacial score (nSPS) is 12.2. The molecule has 0 fully saturated rings. The van der Waals surface area contributed by atoms with Crippen molar-refractivity contribution < 1.29 is 8.42 Å². The van der Waals surface area contributed by atoms with Crippen molar-refractivity contribution in [1.82, 2.24) is 19.8 Å². The number of hydrogen-bond donors (Lipinski definition) is 2. The zero-order valence-electron chi connectivity index (χ0n) is 12.8. The van der Waals surface area contributed by atoms with E-state index in [2.05, 4.69) is 15.1 Å². The van der Waals surface area contributed by atoms with E-state index in [9.17, 15) is 8.42 Å². The molecule has 1 rings (SSSR count). The summed E-state index contributed by atoms with van der Waals surface area (Å²) in [6.07, 6.45) is 0.735. The van der Waals surface area contributed by atoms with Gasteiger partial charge >= 0.3 is 0 Å². The van der Waals surface area contributed by atoms with E-state index in [0.29, 0.717) is 19.1 Å². The summed E-state index contributed by atoms with van der Waals surface area (Å²) in [5.74, 6) is 0.116. The van der Waals surface area contributed by atoms with Gasteiger partial charge in [-0.1, -0.05) is 13.8 Å². The molecule has 0 aliphatic heterocycles. The lowest BCUT2D eigenvalue weighted by atomic mass is 10.4. The standard InChI is InChI=1S/C13H26N4O2S/c1-11(2)14-7-9-20(18,19)15-6-5-8-17-13(4)10-12(3)16-17/h10-11,14-15H,5-9H2,1-4H3. The molecule has 1 heterocycles. The maximum Gasteiger partial charge on any atom is 0.212 e. The second-order valence-corrected chi connectivity index (χ2v) is 7.25. The minimum absolute atomic E-state index is 0.116. The first kappa shape index (κ1) is 17.1. The van der Waals surface area contributed by atoms with Gasteiger partial charge < -0.3 is 5.32 Å². The van der Waals surface area contributed by atoms with Gasteiger partial charge in [0.25, 0.3) is 0 Å². The largest absolute Gasteiger partial charge is 0.313 e. The van der Waals surface area contributed by atoms with Gasteiger partial charge in [0.15, 0.2) is 0 Å². The van der Waals surface area contributed by atoms with Crippen LogP contribution >= 0.6 is 0 Å². The molecule has 7 heteroatoms. The average Bonchev–Trinajstić information content (AvgIpc) is 2.62. The van der Waals surface area contributed by atoms with Crippen molar-refractivity contribution in [3.8, 4) is 0 Å². The second-order valence-electron chi connectivity index (χ2n) is 5.33. The molecule has 0 aromatic carbocycles. The molecule has 1 aromatic rings. The van der Waals surface area contributed by atoms with E-state index in [1.165, 1.54) is 0 Å². The summed E-state index contributed by atoms with van der Waals surface area (Å²) in [5, 5.41) is 7.44. The zero-order valence-corrected chi connectivity index (χ0v) is 13.6. The predicted molar refractivity (Wildman–Crippen MR) is 81.2 cm³/mol. The van der Waals surface area contributed by atoms with Crippen molar-refractivity contribution in [2.45, 2.75) is 46.7 Å². The quantitative estimate of drug-likeness (QED) is 0.662. The third-order valence-electron chi connectivity index (χ3n) is 2.90. The van der Waals surface area contributed by atoms with E-state index >= 15 is 0 Å². The lowest BCUT2D eigenvalue weighted by molar-refractivity contribution is 0.540. The van der Waals surface area contributed by atoms with E-state index in [-0.39, 0.29) is 5.75 Å². The third kappa shape index (κ3) is 6.49. The van der Waals surface area contributed by atoms with Gasteiger partial charge in [-0.25, -0.2) is 13.1 Å². The van der Waals surface area contributed by atoms with E-state index in [4.69, 9.17) is 0 Å². The average molecular weight is 302 g/mol. The van der Waals surface area contributed by atoms with Crippen LogP contribution in [0.1, 0.15) is 31.7 Å². The van der Waals surface area contributed by atoms with Crippen LogP contribution in [0.5, 0.6) is 0 Å². The summed E-state index contributed by atoms with van der Waals surface area (Å²) < 4.78 is 28.0. The fourth-order valence-corrected chi connectivity index (χ4v) is 2.90. The van der Waals surface area contributed by atoms with Crippen molar-refractivity contribution in [2.24, 2.45) is 0 Å². The lowest BCUT2D eigenvalue weighted by Gasteiger charge is -2.10. The van der Waals surface area contributed by atoms with Crippen molar-refractivity contribution >= 4 is 10.0 Å². The Morgan fingerprint density at radius 2 is 2.00 bits per heavy atom. The molecule has 0 amide bonds. The van der Waals surface area contributed by atoms with E-state index in [0.717, 1.165) is 24.4 Å². The molecule has 0 saturated heterocycles. The Kier molecular flexibility index (Phi) is 6.64. The van der Waals surface area contributed by atoms with Gasteiger partial charge in [0.1, 0.15) is 0 Å². The summed E-state index contributed by atoms with van der Waals surface area (Å²) in [6, 6.07) is 2.32. The van der Waals surface area contributed by atoms with Crippen molar-refractivity contribution in [2.75, 3.05) is 18.8 Å². The topological polar surface area (TPSA) is 76.0 Å². The summed E-state index contributed by atoms with van der Waals surface area (Å²) in [4.78, 5) is 0. The van der Waals surface area contributed by atoms with Gasteiger partial charge in [0, 0.05) is 31.4 Å². The molecule has 0 saturated carbocycles. The van der Waals surface area contributed by atoms with Gasteiger partial charge in [-0.15, -0.1) is 0 Å². The molecular weight excluding hydrogens is 276 g/mol. The Labute approximate surface area is 122 Å². The maximum atomic E-state index is 11.7. The van der Waals surface area contributed by atoms with E-state index in [1.54, 1.807) is 0 Å². The molecule has 116 valence electrons. The fourth-order valence-electron chi connectivity index (χ4n) is 1.91. The first-order valence-electron chi connectivity index (χ1n) is 7.02. The highest BCUT2D eigenvalue weighted by atomic mass is 32.2. The first-order valence-corrected chi connectivity index (χ1v) is 8.67. The number of nitrogens with one attached hydrogen (secondary N) is 2. The third-order valence-corrected chi connectivity index (χ3v) is 4.28. The molecule has 0 bridgehead atoms. The van der Waals surface area contributed by atoms with Crippen LogP contribution in [0, 0.1) is 13.8 Å². The minimum atomic E-state index is -3.18. The van der Waals surface area contributed by atoms with Crippen LogP contribution in [0.4, 0.5) is 0 Å². The number of hydrogen-bond acceptors (Lipinski definition) is 4. The van der Waals surface area contributed by atoms with Gasteiger partial charge in [-0.05, 0) is 26.3 Å². The van der Waals surface area contributed by atoms with Crippen LogP contribution in [0.2, 0.25) is 0 Å². The summed E-state index contributed by atoms with van der Waals surface area (Å²) >= 11 is 0. The van der Waals surface area contributed by atoms with E-state index < -0.39 is 10.0 Å². The van der Waals surface area contributed by atoms with Crippen LogP contribution in [0.25, 0.3) is 0 Å². The molecule has 0 unspecified atom stereocenters. The highest BCUT2D eigenvalue weighted by Gasteiger charge is 2.09. The molecule has 20 heavy (non-hydrogen) atoms. The SMILES string of the molecule is Cc1cc(C)n(CCCNS(=O)(=O)CCNC(C)C)n1. The highest BCUT2D eigenvalue weighted by Crippen LogP contribution is 2.02. The first-order chi connectivity index (χ1) is 9.30. The van der Waals surface area contributed by atoms with Crippen LogP contribution < -0.4 is 10.0 Å². The predicted octanol–water partition coefficient (Wildman–Crippen LogP) is 0.807. The van der Waals surface area contributed by atoms with Gasteiger partial charge in [0.05, 0.1) is 11.4 Å². The molecule has 0 spiro atoms. The minimum Gasteiger partial charge on any atom is -0.313 e. The number of nitrogens with zero attached hydrogens (tertiary/aromatic N) is 2. The zero-order chi connectivity index (χ0) is 15.2. The Bertz CT molecular complexity index is 508. The van der Waals surface area contributed by atoms with Crippen LogP contribution in [-0.2, 0) is 16.6 Å². The molecule has 0 aliphatic carbocycles. The van der Waals surface area contributed by atoms with Gasteiger partial charge in [-0.3, -0.25) is 4.68 Å². The number of aryl methyl sites for hydroxylation is 3. The number of aromatic nitrogens is 2. The van der Waals surface area contributed by atoms with Crippen molar-refractivity contribution in [3.63, 3.8) is 0 Å². The maximum absolute atomic E-state index is 11.7. The Hall–Kier alpha value is -0.920. The Balaban J connectivity index is 2.24. The van der Waals surface area contributed by atoms with Crippen LogP contribution in [-0.4, -0.2) is 43.1 Å². The Morgan fingerprint density at radius 1 is 1.30 bits per heavy atom. The molecule has 0 radical (unpaired) electrons. The fraction of sp³-hybridized carbons (Fsp3) is 0.769. The monoisotopic (exact) mass is 302 g/mol. The second kappa shape index (κ2) is 7.75. The van der Waals surface area contributed by atoms with Crippen molar-refractivity contribution in [1.29, 1.82) is 0 Å². The number of rotatable bonds is 9. The van der Waals surface area contributed by atoms with Crippen LogP contribution in [0.15, 0.2) is 6.07 Å². The number of sulfonamides is 1. The van der Waals surface area contributed by atoms with Gasteiger partial charge in [-0.2, -0.15) is 5.10 Å². The molecule has 2 N–H and O–H groups in total. The lowest BCUT2D eigenvalue weighted by Crippen LogP contribution is -2.35. The molecular formula is C13H26N4O2S. The van der Waals surface area contributed by atoms with Crippen molar-refractivity contribution in [3.05, 3.63) is 17.5 Å². The summed E-state index contributed by atoms with van der Waals surface area (Å²) in [6.45, 7) is 9.60. The smallest absolute Gasteiger partial charge is 0.212 e. The molecule has 6 nitrogen and oxygen atoms in total.